The molecule has 8 nitrogen and oxygen atoms in total. The summed E-state index contributed by atoms with van der Waals surface area (Å²) in [5.74, 6) is 0.404. The molecule has 3 rings (SSSR count). The maximum Gasteiger partial charge on any atom is 0.258 e. The second-order valence-corrected chi connectivity index (χ2v) is 7.44. The van der Waals surface area contributed by atoms with Crippen LogP contribution in [-0.4, -0.2) is 42.4 Å². The number of aromatic nitrogens is 2. The van der Waals surface area contributed by atoms with E-state index in [1.807, 2.05) is 25.6 Å². The van der Waals surface area contributed by atoms with Crippen LogP contribution in [0.25, 0.3) is 0 Å². The number of amides is 1. The van der Waals surface area contributed by atoms with Crippen LogP contribution in [0.4, 0.5) is 10.1 Å². The van der Waals surface area contributed by atoms with Crippen LogP contribution in [0, 0.1) is 19.7 Å². The second kappa shape index (κ2) is 10.6. The molecule has 3 aromatic rings. The van der Waals surface area contributed by atoms with Gasteiger partial charge in [0.2, 0.25) is 5.96 Å². The molecule has 0 atom stereocenters. The molecule has 1 aromatic heterocycles. The molecular formula is C24H28FN5O3. The Bertz CT molecular complexity index is 1150. The third kappa shape index (κ3) is 6.09. The Morgan fingerprint density at radius 3 is 2.39 bits per heavy atom. The zero-order valence-electron chi connectivity index (χ0n) is 19.4. The van der Waals surface area contributed by atoms with Crippen LogP contribution in [0.1, 0.15) is 27.3 Å². The standard InChI is InChI=1S/C24H28FN5O3/c1-15-22(16(2)30(3)29-15)9-10-26-24(28-23(31)17-7-6-8-18(25)11-17)27-19-12-20(32-4)14-21(13-19)33-5/h6-8,11-14H,9-10H2,1-5H3,(H2,26,27,28,31). The number of benzene rings is 2. The van der Waals surface area contributed by atoms with Gasteiger partial charge in [-0.2, -0.15) is 5.10 Å². The quantitative estimate of drug-likeness (QED) is 0.421. The molecule has 0 bridgehead atoms. The number of anilines is 1. The number of aryl methyl sites for hydroxylation is 2. The Balaban J connectivity index is 1.85. The molecule has 0 saturated heterocycles. The summed E-state index contributed by atoms with van der Waals surface area (Å²) in [6.45, 7) is 4.37. The van der Waals surface area contributed by atoms with Crippen LogP contribution >= 0.6 is 0 Å². The lowest BCUT2D eigenvalue weighted by atomic mass is 10.1. The third-order valence-electron chi connectivity index (χ3n) is 5.22. The van der Waals surface area contributed by atoms with E-state index in [0.29, 0.717) is 30.2 Å². The van der Waals surface area contributed by atoms with Crippen molar-refractivity contribution in [3.63, 3.8) is 0 Å². The van der Waals surface area contributed by atoms with Crippen molar-refractivity contribution in [1.82, 2.24) is 15.1 Å². The van der Waals surface area contributed by atoms with Crippen molar-refractivity contribution < 1.29 is 18.7 Å². The van der Waals surface area contributed by atoms with Crippen molar-refractivity contribution in [2.75, 3.05) is 26.1 Å². The first-order valence-corrected chi connectivity index (χ1v) is 10.4. The number of halogens is 1. The van der Waals surface area contributed by atoms with Crippen LogP contribution in [0.15, 0.2) is 47.5 Å². The Kier molecular flexibility index (Phi) is 7.66. The van der Waals surface area contributed by atoms with Gasteiger partial charge in [-0.15, -0.1) is 0 Å². The molecule has 33 heavy (non-hydrogen) atoms. The van der Waals surface area contributed by atoms with Gasteiger partial charge in [0.15, 0.2) is 0 Å². The fourth-order valence-corrected chi connectivity index (χ4v) is 3.39. The molecular weight excluding hydrogens is 425 g/mol. The van der Waals surface area contributed by atoms with Crippen LogP contribution < -0.4 is 20.1 Å². The Morgan fingerprint density at radius 2 is 1.82 bits per heavy atom. The lowest BCUT2D eigenvalue weighted by Gasteiger charge is -2.14. The Hall–Kier alpha value is -3.88. The smallest absolute Gasteiger partial charge is 0.258 e. The minimum Gasteiger partial charge on any atom is -0.497 e. The lowest BCUT2D eigenvalue weighted by Crippen LogP contribution is -2.36. The second-order valence-electron chi connectivity index (χ2n) is 7.44. The number of hydrogen-bond acceptors (Lipinski definition) is 5. The van der Waals surface area contributed by atoms with Gasteiger partial charge in [-0.25, -0.2) is 4.39 Å². The maximum absolute atomic E-state index is 13.6. The fraction of sp³-hybridized carbons (Fsp3) is 0.292. The van der Waals surface area contributed by atoms with Crippen LogP contribution in [-0.2, 0) is 13.5 Å². The van der Waals surface area contributed by atoms with Crippen molar-refractivity contribution in [2.45, 2.75) is 20.3 Å². The topological polar surface area (TPSA) is 89.8 Å². The molecule has 174 valence electrons. The largest absolute Gasteiger partial charge is 0.497 e. The van der Waals surface area contributed by atoms with E-state index >= 15 is 0 Å². The molecule has 0 aliphatic rings. The summed E-state index contributed by atoms with van der Waals surface area (Å²) in [7, 11) is 5.01. The van der Waals surface area contributed by atoms with Gasteiger partial charge in [0.1, 0.15) is 17.3 Å². The SMILES string of the molecule is COc1cc(NC(=NCCc2c(C)nn(C)c2C)NC(=O)c2cccc(F)c2)cc(OC)c1. The first-order chi connectivity index (χ1) is 15.8. The number of methoxy groups -OCH3 is 2. The summed E-state index contributed by atoms with van der Waals surface area (Å²) in [5, 5.41) is 10.3. The van der Waals surface area contributed by atoms with E-state index in [1.165, 1.54) is 24.3 Å². The number of guanidine groups is 1. The van der Waals surface area contributed by atoms with Gasteiger partial charge in [-0.1, -0.05) is 6.07 Å². The van der Waals surface area contributed by atoms with Crippen LogP contribution in [0.3, 0.4) is 0 Å². The van der Waals surface area contributed by atoms with E-state index in [1.54, 1.807) is 32.4 Å². The van der Waals surface area contributed by atoms with E-state index in [9.17, 15) is 9.18 Å². The van der Waals surface area contributed by atoms with Crippen molar-refractivity contribution in [2.24, 2.45) is 12.0 Å². The van der Waals surface area contributed by atoms with Gasteiger partial charge < -0.3 is 14.8 Å². The number of nitrogens with one attached hydrogen (secondary N) is 2. The Labute approximate surface area is 192 Å². The molecule has 9 heteroatoms. The fourth-order valence-electron chi connectivity index (χ4n) is 3.39. The Morgan fingerprint density at radius 1 is 1.12 bits per heavy atom. The number of carbonyl (C=O) groups excluding carboxylic acids is 1. The maximum atomic E-state index is 13.6. The molecule has 1 amide bonds. The zero-order valence-corrected chi connectivity index (χ0v) is 19.4. The summed E-state index contributed by atoms with van der Waals surface area (Å²) < 4.78 is 26.0. The molecule has 0 aliphatic heterocycles. The predicted octanol–water partition coefficient (Wildman–Crippen LogP) is 3.63. The van der Waals surface area contributed by atoms with Crippen LogP contribution in [0.2, 0.25) is 0 Å². The van der Waals surface area contributed by atoms with Gasteiger partial charge in [0.25, 0.3) is 5.91 Å². The normalized spacial score (nSPS) is 11.3. The molecule has 0 radical (unpaired) electrons. The molecule has 2 aromatic carbocycles. The van der Waals surface area contributed by atoms with Gasteiger partial charge in [-0.3, -0.25) is 19.8 Å². The molecule has 0 saturated carbocycles. The summed E-state index contributed by atoms with van der Waals surface area (Å²) in [5.41, 5.74) is 3.92. The third-order valence-corrected chi connectivity index (χ3v) is 5.22. The lowest BCUT2D eigenvalue weighted by molar-refractivity contribution is 0.0976. The summed E-state index contributed by atoms with van der Waals surface area (Å²) in [6, 6.07) is 10.7. The molecule has 0 spiro atoms. The summed E-state index contributed by atoms with van der Waals surface area (Å²) in [6.07, 6.45) is 0.647. The van der Waals surface area contributed by atoms with Crippen molar-refractivity contribution in [1.29, 1.82) is 0 Å². The highest BCUT2D eigenvalue weighted by Crippen LogP contribution is 2.25. The molecule has 0 fully saturated rings. The monoisotopic (exact) mass is 453 g/mol. The molecule has 2 N–H and O–H groups in total. The van der Waals surface area contributed by atoms with Crippen LogP contribution in [0.5, 0.6) is 11.5 Å². The molecule has 1 heterocycles. The highest BCUT2D eigenvalue weighted by Gasteiger charge is 2.13. The average Bonchev–Trinajstić information content (AvgIpc) is 3.04. The number of carbonyl (C=O) groups is 1. The summed E-state index contributed by atoms with van der Waals surface area (Å²) >= 11 is 0. The van der Waals surface area contributed by atoms with Crippen molar-refractivity contribution in [3.8, 4) is 11.5 Å². The van der Waals surface area contributed by atoms with E-state index in [-0.39, 0.29) is 11.5 Å². The summed E-state index contributed by atoms with van der Waals surface area (Å²) in [4.78, 5) is 17.3. The first kappa shape index (κ1) is 23.8. The van der Waals surface area contributed by atoms with Crippen molar-refractivity contribution >= 4 is 17.6 Å². The number of aliphatic imine (C=N–C) groups is 1. The number of ether oxygens (including phenoxy) is 2. The average molecular weight is 454 g/mol. The van der Waals surface area contributed by atoms with Gasteiger partial charge in [0.05, 0.1) is 19.9 Å². The number of nitrogens with zero attached hydrogens (tertiary/aromatic N) is 3. The van der Waals surface area contributed by atoms with Gasteiger partial charge in [0, 0.05) is 48.7 Å². The van der Waals surface area contributed by atoms with E-state index in [4.69, 9.17) is 9.47 Å². The molecule has 0 aliphatic carbocycles. The highest BCUT2D eigenvalue weighted by atomic mass is 19.1. The van der Waals surface area contributed by atoms with Gasteiger partial charge >= 0.3 is 0 Å². The predicted molar refractivity (Wildman–Crippen MR) is 126 cm³/mol. The minimum atomic E-state index is -0.492. The zero-order chi connectivity index (χ0) is 24.0. The van der Waals surface area contributed by atoms with E-state index in [0.717, 1.165) is 17.0 Å². The molecule has 0 unspecified atom stereocenters. The van der Waals surface area contributed by atoms with E-state index < -0.39 is 11.7 Å². The number of hydrogen-bond donors (Lipinski definition) is 2. The first-order valence-electron chi connectivity index (χ1n) is 10.4. The van der Waals surface area contributed by atoms with Gasteiger partial charge in [-0.05, 0) is 44.0 Å². The minimum absolute atomic E-state index is 0.187. The van der Waals surface area contributed by atoms with Crippen molar-refractivity contribution in [3.05, 3.63) is 70.8 Å². The highest BCUT2D eigenvalue weighted by molar-refractivity contribution is 6.10. The van der Waals surface area contributed by atoms with E-state index in [2.05, 4.69) is 20.7 Å². The number of rotatable bonds is 7.